The predicted molar refractivity (Wildman–Crippen MR) is 118 cm³/mol. The van der Waals surface area contributed by atoms with Gasteiger partial charge in [0.25, 0.3) is 0 Å². The number of halogens is 1. The maximum absolute atomic E-state index is 13.9. The summed E-state index contributed by atoms with van der Waals surface area (Å²) in [6.07, 6.45) is 13.0. The van der Waals surface area contributed by atoms with Crippen LogP contribution in [0.4, 0.5) is 4.39 Å². The van der Waals surface area contributed by atoms with Crippen LogP contribution in [-0.2, 0) is 19.6 Å². The normalized spacial score (nSPS) is 11.3. The minimum absolute atomic E-state index is 0.259. The molecule has 3 aromatic heterocycles. The fourth-order valence-electron chi connectivity index (χ4n) is 3.13. The molecule has 0 amide bonds. The Labute approximate surface area is 185 Å². The van der Waals surface area contributed by atoms with Crippen LogP contribution in [0.25, 0.3) is 12.2 Å². The summed E-state index contributed by atoms with van der Waals surface area (Å²) in [5.74, 6) is 0.781. The third kappa shape index (κ3) is 6.10. The molecule has 0 radical (unpaired) electrons. The van der Waals surface area contributed by atoms with Crippen LogP contribution >= 0.6 is 0 Å². The minimum atomic E-state index is -0.275. The van der Waals surface area contributed by atoms with Crippen LogP contribution in [0.3, 0.4) is 0 Å². The molecule has 7 nitrogen and oxygen atoms in total. The van der Waals surface area contributed by atoms with E-state index < -0.39 is 0 Å². The average Bonchev–Trinajstić information content (AvgIpc) is 3.48. The molecule has 0 aliphatic heterocycles. The number of benzene rings is 1. The first-order chi connectivity index (χ1) is 15.7. The number of hydrogen-bond donors (Lipinski definition) is 0. The molecule has 0 N–H and O–H groups in total. The van der Waals surface area contributed by atoms with Crippen molar-refractivity contribution in [3.05, 3.63) is 89.4 Å². The second kappa shape index (κ2) is 10.5. The molecule has 0 unspecified atom stereocenters. The largest absolute Gasteiger partial charge is 0.486 e. The van der Waals surface area contributed by atoms with Gasteiger partial charge in [-0.25, -0.2) is 9.37 Å². The number of aryl methyl sites for hydroxylation is 3. The summed E-state index contributed by atoms with van der Waals surface area (Å²) in [5.41, 5.74) is 3.02. The molecular formula is C24H24FN5O2. The van der Waals surface area contributed by atoms with Crippen LogP contribution < -0.4 is 4.74 Å². The van der Waals surface area contributed by atoms with Crippen molar-refractivity contribution in [2.45, 2.75) is 39.3 Å². The van der Waals surface area contributed by atoms with Crippen molar-refractivity contribution >= 4 is 12.2 Å². The van der Waals surface area contributed by atoms with E-state index in [0.717, 1.165) is 37.1 Å². The van der Waals surface area contributed by atoms with Crippen LogP contribution in [0.2, 0.25) is 0 Å². The predicted octanol–water partition coefficient (Wildman–Crippen LogP) is 4.88. The molecule has 0 bridgehead atoms. The van der Waals surface area contributed by atoms with Crippen molar-refractivity contribution in [3.8, 4) is 5.75 Å². The smallest absolute Gasteiger partial charge is 0.218 e. The number of unbranched alkanes of at least 4 members (excludes halogenated alkanes) is 1. The Morgan fingerprint density at radius 1 is 1.12 bits per heavy atom. The van der Waals surface area contributed by atoms with E-state index in [1.807, 2.05) is 36.0 Å². The lowest BCUT2D eigenvalue weighted by Crippen LogP contribution is -2.00. The summed E-state index contributed by atoms with van der Waals surface area (Å²) in [6, 6.07) is 8.95. The number of aromatic nitrogens is 5. The highest BCUT2D eigenvalue weighted by Gasteiger charge is 2.05. The van der Waals surface area contributed by atoms with E-state index in [0.29, 0.717) is 22.9 Å². The molecule has 4 rings (SSSR count). The molecule has 0 atom stereocenters. The lowest BCUT2D eigenvalue weighted by Gasteiger charge is -2.05. The molecule has 4 aromatic rings. The Kier molecular flexibility index (Phi) is 7.01. The number of ether oxygens (including phenoxy) is 1. The summed E-state index contributed by atoms with van der Waals surface area (Å²) < 4.78 is 26.9. The summed E-state index contributed by atoms with van der Waals surface area (Å²) in [5, 5.41) is 7.75. The zero-order valence-electron chi connectivity index (χ0n) is 17.8. The van der Waals surface area contributed by atoms with Crippen LogP contribution in [0.1, 0.15) is 41.2 Å². The van der Waals surface area contributed by atoms with E-state index in [2.05, 4.69) is 20.3 Å². The van der Waals surface area contributed by atoms with Crippen molar-refractivity contribution in [1.29, 1.82) is 0 Å². The summed E-state index contributed by atoms with van der Waals surface area (Å²) in [7, 11) is 0. The van der Waals surface area contributed by atoms with E-state index in [1.165, 1.54) is 12.3 Å². The van der Waals surface area contributed by atoms with Gasteiger partial charge in [0.2, 0.25) is 5.89 Å². The van der Waals surface area contributed by atoms with Gasteiger partial charge >= 0.3 is 0 Å². The Bertz CT molecular complexity index is 1150. The van der Waals surface area contributed by atoms with E-state index in [9.17, 15) is 4.39 Å². The number of hydrogen-bond acceptors (Lipinski definition) is 6. The molecule has 0 saturated heterocycles. The molecule has 0 aliphatic carbocycles. The number of pyridine rings is 1. The van der Waals surface area contributed by atoms with Gasteiger partial charge in [0.1, 0.15) is 30.1 Å². The van der Waals surface area contributed by atoms with Gasteiger partial charge < -0.3 is 9.15 Å². The molecular weight excluding hydrogens is 409 g/mol. The number of rotatable bonds is 10. The molecule has 32 heavy (non-hydrogen) atoms. The molecule has 0 aliphatic rings. The molecule has 0 fully saturated rings. The molecule has 3 heterocycles. The standard InChI is InChI=1S/C24H24FN5O2/c1-18-5-6-19(23(25)14-18)7-10-24-28-21(17-32-24)16-31-22-9-8-20(26-15-22)4-2-3-12-30-13-11-27-29-30/h5-11,13-15,17H,2-4,12,16H2,1H3/b10-7+. The quantitative estimate of drug-likeness (QED) is 0.332. The Morgan fingerprint density at radius 2 is 2.06 bits per heavy atom. The average molecular weight is 433 g/mol. The maximum atomic E-state index is 13.9. The first-order valence-corrected chi connectivity index (χ1v) is 10.5. The lowest BCUT2D eigenvalue weighted by molar-refractivity contribution is 0.299. The molecule has 8 heteroatoms. The van der Waals surface area contributed by atoms with Crippen molar-refractivity contribution in [3.63, 3.8) is 0 Å². The van der Waals surface area contributed by atoms with E-state index in [4.69, 9.17) is 9.15 Å². The van der Waals surface area contributed by atoms with Gasteiger partial charge in [0.05, 0.1) is 12.4 Å². The summed E-state index contributed by atoms with van der Waals surface area (Å²) in [6.45, 7) is 2.97. The number of nitrogens with zero attached hydrogens (tertiary/aromatic N) is 5. The summed E-state index contributed by atoms with van der Waals surface area (Å²) in [4.78, 5) is 8.80. The van der Waals surface area contributed by atoms with Crippen LogP contribution in [-0.4, -0.2) is 25.0 Å². The minimum Gasteiger partial charge on any atom is -0.486 e. The second-order valence-electron chi connectivity index (χ2n) is 7.43. The Morgan fingerprint density at radius 3 is 2.84 bits per heavy atom. The van der Waals surface area contributed by atoms with Gasteiger partial charge in [-0.1, -0.05) is 17.3 Å². The van der Waals surface area contributed by atoms with Crippen LogP contribution in [0, 0.1) is 12.7 Å². The van der Waals surface area contributed by atoms with Crippen LogP contribution in [0.15, 0.2) is 59.6 Å². The zero-order valence-corrected chi connectivity index (χ0v) is 17.8. The zero-order chi connectivity index (χ0) is 22.2. The Balaban J connectivity index is 1.22. The Hall–Kier alpha value is -3.81. The molecule has 0 saturated carbocycles. The molecule has 0 spiro atoms. The molecule has 1 aromatic carbocycles. The lowest BCUT2D eigenvalue weighted by atomic mass is 10.1. The third-order valence-electron chi connectivity index (χ3n) is 4.86. The number of oxazole rings is 1. The van der Waals surface area contributed by atoms with Crippen molar-refractivity contribution in [2.24, 2.45) is 0 Å². The third-order valence-corrected chi connectivity index (χ3v) is 4.86. The summed E-state index contributed by atoms with van der Waals surface area (Å²) >= 11 is 0. The van der Waals surface area contributed by atoms with Gasteiger partial charge in [-0.05, 0) is 56.0 Å². The SMILES string of the molecule is Cc1ccc(/C=C/c2nc(COc3ccc(CCCCn4ccnn4)nc3)co2)c(F)c1. The first kappa shape index (κ1) is 21.4. The van der Waals surface area contributed by atoms with E-state index >= 15 is 0 Å². The first-order valence-electron chi connectivity index (χ1n) is 10.5. The maximum Gasteiger partial charge on any atom is 0.218 e. The highest BCUT2D eigenvalue weighted by Crippen LogP contribution is 2.16. The highest BCUT2D eigenvalue weighted by atomic mass is 19.1. The van der Waals surface area contributed by atoms with Crippen molar-refractivity contribution in [1.82, 2.24) is 25.0 Å². The van der Waals surface area contributed by atoms with Crippen LogP contribution in [0.5, 0.6) is 5.75 Å². The van der Waals surface area contributed by atoms with E-state index in [1.54, 1.807) is 30.6 Å². The van der Waals surface area contributed by atoms with Gasteiger partial charge in [-0.15, -0.1) is 5.10 Å². The highest BCUT2D eigenvalue weighted by molar-refractivity contribution is 5.66. The van der Waals surface area contributed by atoms with Crippen molar-refractivity contribution < 1.29 is 13.5 Å². The van der Waals surface area contributed by atoms with Crippen molar-refractivity contribution in [2.75, 3.05) is 0 Å². The topological polar surface area (TPSA) is 78.9 Å². The fourth-order valence-corrected chi connectivity index (χ4v) is 3.13. The van der Waals surface area contributed by atoms with Gasteiger partial charge in [0.15, 0.2) is 0 Å². The molecule has 164 valence electrons. The van der Waals surface area contributed by atoms with Gasteiger partial charge in [-0.3, -0.25) is 9.67 Å². The van der Waals surface area contributed by atoms with Gasteiger partial charge in [0, 0.05) is 30.1 Å². The second-order valence-corrected chi connectivity index (χ2v) is 7.43. The monoisotopic (exact) mass is 433 g/mol. The van der Waals surface area contributed by atoms with Gasteiger partial charge in [-0.2, -0.15) is 0 Å². The fraction of sp³-hybridized carbons (Fsp3) is 0.250. The van der Waals surface area contributed by atoms with E-state index in [-0.39, 0.29) is 12.4 Å².